The summed E-state index contributed by atoms with van der Waals surface area (Å²) in [6.45, 7) is 0.502. The minimum absolute atomic E-state index is 0.0237. The SMILES string of the molecule is O=C(NC1C=CCC(C(=O)NC2COCC2C(=O)O)C1)OCC1c2ccccc2-c2ccccc21. The van der Waals surface area contributed by atoms with Gasteiger partial charge in [0.1, 0.15) is 12.5 Å². The Bertz CT molecular complexity index is 1120. The van der Waals surface area contributed by atoms with E-state index in [-0.39, 0.29) is 43.6 Å². The van der Waals surface area contributed by atoms with Crippen LogP contribution in [-0.2, 0) is 19.1 Å². The zero-order valence-corrected chi connectivity index (χ0v) is 19.2. The molecule has 35 heavy (non-hydrogen) atoms. The first kappa shape index (κ1) is 23.1. The van der Waals surface area contributed by atoms with Crippen LogP contribution in [0.1, 0.15) is 29.9 Å². The molecule has 2 aromatic rings. The number of nitrogens with one attached hydrogen (secondary N) is 2. The van der Waals surface area contributed by atoms with Crippen molar-refractivity contribution in [2.75, 3.05) is 19.8 Å². The Morgan fingerprint density at radius 1 is 0.971 bits per heavy atom. The summed E-state index contributed by atoms with van der Waals surface area (Å²) >= 11 is 0. The second kappa shape index (κ2) is 9.92. The number of alkyl carbamates (subject to hydrolysis) is 1. The van der Waals surface area contributed by atoms with Crippen LogP contribution in [0.4, 0.5) is 4.79 Å². The second-order valence-electron chi connectivity index (χ2n) is 9.27. The maximum atomic E-state index is 12.7. The summed E-state index contributed by atoms with van der Waals surface area (Å²) in [6, 6.07) is 15.4. The van der Waals surface area contributed by atoms with Gasteiger partial charge < -0.3 is 25.2 Å². The number of rotatable bonds is 6. The third kappa shape index (κ3) is 4.79. The smallest absolute Gasteiger partial charge is 0.407 e. The normalized spacial score (nSPS) is 24.9. The minimum atomic E-state index is -0.980. The van der Waals surface area contributed by atoms with E-state index in [9.17, 15) is 19.5 Å². The quantitative estimate of drug-likeness (QED) is 0.552. The highest BCUT2D eigenvalue weighted by atomic mass is 16.5. The van der Waals surface area contributed by atoms with Crippen molar-refractivity contribution in [3.8, 4) is 11.1 Å². The van der Waals surface area contributed by atoms with Gasteiger partial charge >= 0.3 is 12.1 Å². The fourth-order valence-corrected chi connectivity index (χ4v) is 5.24. The van der Waals surface area contributed by atoms with E-state index in [4.69, 9.17) is 9.47 Å². The molecule has 1 aliphatic heterocycles. The van der Waals surface area contributed by atoms with Gasteiger partial charge in [-0.25, -0.2) is 4.79 Å². The molecule has 0 saturated carbocycles. The zero-order chi connectivity index (χ0) is 24.4. The summed E-state index contributed by atoms with van der Waals surface area (Å²) in [6.07, 6.45) is 4.14. The number of amides is 2. The molecule has 2 amide bonds. The molecular formula is C27H28N2O6. The third-order valence-electron chi connectivity index (χ3n) is 7.07. The number of carbonyl (C=O) groups excluding carboxylic acids is 2. The summed E-state index contributed by atoms with van der Waals surface area (Å²) in [7, 11) is 0. The molecule has 8 heteroatoms. The largest absolute Gasteiger partial charge is 0.481 e. The van der Waals surface area contributed by atoms with Crippen molar-refractivity contribution in [3.63, 3.8) is 0 Å². The van der Waals surface area contributed by atoms with Crippen molar-refractivity contribution < 1.29 is 29.0 Å². The van der Waals surface area contributed by atoms with Gasteiger partial charge in [0.25, 0.3) is 0 Å². The van der Waals surface area contributed by atoms with Crippen LogP contribution >= 0.6 is 0 Å². The van der Waals surface area contributed by atoms with Gasteiger partial charge in [0, 0.05) is 11.8 Å². The lowest BCUT2D eigenvalue weighted by atomic mass is 9.89. The molecule has 2 aliphatic carbocycles. The first-order chi connectivity index (χ1) is 17.0. The molecule has 1 saturated heterocycles. The summed E-state index contributed by atoms with van der Waals surface area (Å²) in [5.41, 5.74) is 4.62. The highest BCUT2D eigenvalue weighted by molar-refractivity contribution is 5.81. The molecule has 3 N–H and O–H groups in total. The van der Waals surface area contributed by atoms with E-state index >= 15 is 0 Å². The average molecular weight is 477 g/mol. The molecule has 1 heterocycles. The Morgan fingerprint density at radius 3 is 2.34 bits per heavy atom. The molecule has 8 nitrogen and oxygen atoms in total. The van der Waals surface area contributed by atoms with Gasteiger partial charge in [-0.1, -0.05) is 60.7 Å². The van der Waals surface area contributed by atoms with Crippen LogP contribution in [-0.4, -0.2) is 55.0 Å². The van der Waals surface area contributed by atoms with Gasteiger partial charge in [-0.2, -0.15) is 0 Å². The highest BCUT2D eigenvalue weighted by Crippen LogP contribution is 2.44. The number of carboxylic acids is 1. The summed E-state index contributed by atoms with van der Waals surface area (Å²) in [5, 5.41) is 14.9. The maximum Gasteiger partial charge on any atom is 0.407 e. The van der Waals surface area contributed by atoms with Crippen LogP contribution in [0.5, 0.6) is 0 Å². The zero-order valence-electron chi connectivity index (χ0n) is 19.2. The summed E-state index contributed by atoms with van der Waals surface area (Å²) in [5.74, 6) is -2.34. The van der Waals surface area contributed by atoms with Crippen LogP contribution in [0.2, 0.25) is 0 Å². The van der Waals surface area contributed by atoms with Crippen molar-refractivity contribution in [1.82, 2.24) is 10.6 Å². The van der Waals surface area contributed by atoms with Crippen LogP contribution < -0.4 is 10.6 Å². The number of hydrogen-bond donors (Lipinski definition) is 3. The fraction of sp³-hybridized carbons (Fsp3) is 0.370. The van der Waals surface area contributed by atoms with Gasteiger partial charge in [-0.15, -0.1) is 0 Å². The van der Waals surface area contributed by atoms with Crippen LogP contribution in [0.15, 0.2) is 60.7 Å². The minimum Gasteiger partial charge on any atom is -0.481 e. The predicted octanol–water partition coefficient (Wildman–Crippen LogP) is 3.08. The lowest BCUT2D eigenvalue weighted by Crippen LogP contribution is -2.47. The first-order valence-electron chi connectivity index (χ1n) is 11.9. The number of aliphatic carboxylic acids is 1. The van der Waals surface area contributed by atoms with Crippen LogP contribution in [0, 0.1) is 11.8 Å². The Morgan fingerprint density at radius 2 is 1.66 bits per heavy atom. The first-order valence-corrected chi connectivity index (χ1v) is 11.9. The Hall–Kier alpha value is -3.65. The van der Waals surface area contributed by atoms with Gasteiger partial charge in [-0.05, 0) is 35.1 Å². The van der Waals surface area contributed by atoms with Crippen molar-refractivity contribution in [1.29, 1.82) is 0 Å². The van der Waals surface area contributed by atoms with Crippen molar-refractivity contribution in [2.24, 2.45) is 11.8 Å². The van der Waals surface area contributed by atoms with Crippen molar-refractivity contribution in [3.05, 3.63) is 71.8 Å². The molecular weight excluding hydrogens is 448 g/mol. The molecule has 4 atom stereocenters. The van der Waals surface area contributed by atoms with E-state index in [1.54, 1.807) is 0 Å². The molecule has 0 radical (unpaired) electrons. The number of hydrogen-bond acceptors (Lipinski definition) is 5. The number of fused-ring (bicyclic) bond motifs is 3. The van der Waals surface area contributed by atoms with Crippen molar-refractivity contribution in [2.45, 2.75) is 30.8 Å². The van der Waals surface area contributed by atoms with Crippen molar-refractivity contribution >= 4 is 18.0 Å². The standard InChI is InChI=1S/C27H28N2O6/c30-25(29-24-15-34-13-23(24)26(31)32)16-6-5-7-17(12-16)28-27(33)35-14-22-20-10-3-1-8-18(20)19-9-2-4-11-21(19)22/h1-5,7-11,16-17,22-24H,6,12-15H2,(H,28,33)(H,29,30)(H,31,32). The summed E-state index contributed by atoms with van der Waals surface area (Å²) < 4.78 is 10.8. The number of carbonyl (C=O) groups is 3. The fourth-order valence-electron chi connectivity index (χ4n) is 5.24. The average Bonchev–Trinajstić information content (AvgIpc) is 3.45. The monoisotopic (exact) mass is 476 g/mol. The van der Waals surface area contributed by atoms with E-state index in [1.165, 1.54) is 11.1 Å². The predicted molar refractivity (Wildman–Crippen MR) is 128 cm³/mol. The van der Waals surface area contributed by atoms with Gasteiger partial charge in [0.15, 0.2) is 0 Å². The van der Waals surface area contributed by atoms with Crippen LogP contribution in [0.25, 0.3) is 11.1 Å². The molecule has 1 fully saturated rings. The molecule has 4 unspecified atom stereocenters. The molecule has 3 aliphatic rings. The molecule has 182 valence electrons. The number of ether oxygens (including phenoxy) is 2. The lowest BCUT2D eigenvalue weighted by Gasteiger charge is -2.26. The van der Waals surface area contributed by atoms with E-state index in [1.807, 2.05) is 36.4 Å². The van der Waals surface area contributed by atoms with Crippen LogP contribution in [0.3, 0.4) is 0 Å². The third-order valence-corrected chi connectivity index (χ3v) is 7.07. The number of benzene rings is 2. The molecule has 0 spiro atoms. The maximum absolute atomic E-state index is 12.7. The van der Waals surface area contributed by atoms with Gasteiger partial charge in [0.05, 0.1) is 25.3 Å². The van der Waals surface area contributed by atoms with Gasteiger partial charge in [-0.3, -0.25) is 9.59 Å². The Balaban J connectivity index is 1.15. The number of allylic oxidation sites excluding steroid dienone is 1. The number of carboxylic acid groups (broad SMARTS) is 1. The van der Waals surface area contributed by atoms with E-state index < -0.39 is 24.0 Å². The molecule has 2 aromatic carbocycles. The summed E-state index contributed by atoms with van der Waals surface area (Å²) in [4.78, 5) is 36.7. The van der Waals surface area contributed by atoms with Gasteiger partial charge in [0.2, 0.25) is 5.91 Å². The topological polar surface area (TPSA) is 114 Å². The molecule has 5 rings (SSSR count). The van der Waals surface area contributed by atoms with E-state index in [2.05, 4.69) is 34.9 Å². The molecule has 0 aromatic heterocycles. The Labute approximate surface area is 203 Å². The lowest BCUT2D eigenvalue weighted by molar-refractivity contribution is -0.142. The highest BCUT2D eigenvalue weighted by Gasteiger charge is 2.37. The second-order valence-corrected chi connectivity index (χ2v) is 9.27. The Kier molecular flexibility index (Phi) is 6.55. The van der Waals surface area contributed by atoms with E-state index in [0.29, 0.717) is 12.8 Å². The van der Waals surface area contributed by atoms with E-state index in [0.717, 1.165) is 11.1 Å². The molecule has 0 bridgehead atoms.